The summed E-state index contributed by atoms with van der Waals surface area (Å²) in [5.74, 6) is 0.464. The zero-order valence-electron chi connectivity index (χ0n) is 10.1. The van der Waals surface area contributed by atoms with Crippen LogP contribution in [0.1, 0.15) is 36.0 Å². The van der Waals surface area contributed by atoms with Gasteiger partial charge in [0.15, 0.2) is 5.78 Å². The third-order valence-electron chi connectivity index (χ3n) is 3.29. The van der Waals surface area contributed by atoms with Crippen molar-refractivity contribution in [2.24, 2.45) is 5.92 Å². The average molecular weight is 244 g/mol. The SMILES string of the molecule is O=C(Nc1ccc(C(=O)C2CC2)cc1)NC1CC1. The highest BCUT2D eigenvalue weighted by Gasteiger charge is 2.30. The molecule has 0 saturated heterocycles. The Labute approximate surface area is 106 Å². The van der Waals surface area contributed by atoms with Gasteiger partial charge in [-0.2, -0.15) is 0 Å². The average Bonchev–Trinajstić information content (AvgIpc) is 3.23. The molecule has 0 aliphatic heterocycles. The van der Waals surface area contributed by atoms with Crippen molar-refractivity contribution in [1.29, 1.82) is 0 Å². The quantitative estimate of drug-likeness (QED) is 0.800. The molecule has 1 aromatic carbocycles. The molecule has 2 saturated carbocycles. The van der Waals surface area contributed by atoms with Crippen LogP contribution in [0.3, 0.4) is 0 Å². The van der Waals surface area contributed by atoms with E-state index in [1.165, 1.54) is 0 Å². The minimum Gasteiger partial charge on any atom is -0.335 e. The smallest absolute Gasteiger partial charge is 0.319 e. The molecule has 2 amide bonds. The molecule has 2 aliphatic carbocycles. The van der Waals surface area contributed by atoms with E-state index in [1.54, 1.807) is 24.3 Å². The molecule has 0 bridgehead atoms. The number of carbonyl (C=O) groups excluding carboxylic acids is 2. The first-order chi connectivity index (χ1) is 8.72. The Bertz CT molecular complexity index is 473. The van der Waals surface area contributed by atoms with Gasteiger partial charge in [0.25, 0.3) is 0 Å². The highest BCUT2D eigenvalue weighted by molar-refractivity contribution is 6.00. The predicted octanol–water partition coefficient (Wildman–Crippen LogP) is 2.56. The van der Waals surface area contributed by atoms with E-state index in [0.29, 0.717) is 6.04 Å². The van der Waals surface area contributed by atoms with Gasteiger partial charge in [0.2, 0.25) is 0 Å². The van der Waals surface area contributed by atoms with E-state index in [1.807, 2.05) is 0 Å². The monoisotopic (exact) mass is 244 g/mol. The fourth-order valence-electron chi connectivity index (χ4n) is 1.88. The normalized spacial score (nSPS) is 18.2. The van der Waals surface area contributed by atoms with Crippen LogP contribution in [0.5, 0.6) is 0 Å². The van der Waals surface area contributed by atoms with E-state index >= 15 is 0 Å². The number of urea groups is 1. The van der Waals surface area contributed by atoms with Gasteiger partial charge in [-0.25, -0.2) is 4.79 Å². The lowest BCUT2D eigenvalue weighted by atomic mass is 10.1. The summed E-state index contributed by atoms with van der Waals surface area (Å²) in [6.45, 7) is 0. The maximum absolute atomic E-state index is 11.8. The standard InChI is InChI=1S/C14H16N2O2/c17-13(9-1-2-9)10-3-5-11(6-4-10)15-14(18)16-12-7-8-12/h3-6,9,12H,1-2,7-8H2,(H2,15,16,18). The molecule has 1 aromatic rings. The Hall–Kier alpha value is -1.84. The van der Waals surface area contributed by atoms with Crippen LogP contribution in [0.4, 0.5) is 10.5 Å². The van der Waals surface area contributed by atoms with Gasteiger partial charge in [-0.3, -0.25) is 4.79 Å². The Morgan fingerprint density at radius 1 is 1.00 bits per heavy atom. The van der Waals surface area contributed by atoms with Crippen LogP contribution in [-0.4, -0.2) is 17.9 Å². The maximum atomic E-state index is 11.8. The summed E-state index contributed by atoms with van der Waals surface area (Å²) in [5.41, 5.74) is 1.46. The number of rotatable bonds is 4. The molecule has 94 valence electrons. The number of hydrogen-bond acceptors (Lipinski definition) is 2. The Morgan fingerprint density at radius 3 is 2.22 bits per heavy atom. The summed E-state index contributed by atoms with van der Waals surface area (Å²) < 4.78 is 0. The topological polar surface area (TPSA) is 58.2 Å². The zero-order chi connectivity index (χ0) is 12.5. The van der Waals surface area contributed by atoms with Crippen LogP contribution < -0.4 is 10.6 Å². The van der Waals surface area contributed by atoms with E-state index in [4.69, 9.17) is 0 Å². The van der Waals surface area contributed by atoms with E-state index in [2.05, 4.69) is 10.6 Å². The lowest BCUT2D eigenvalue weighted by Crippen LogP contribution is -2.30. The molecule has 0 heterocycles. The number of nitrogens with one attached hydrogen (secondary N) is 2. The first-order valence-corrected chi connectivity index (χ1v) is 6.44. The fourth-order valence-corrected chi connectivity index (χ4v) is 1.88. The first-order valence-electron chi connectivity index (χ1n) is 6.44. The largest absolute Gasteiger partial charge is 0.335 e. The van der Waals surface area contributed by atoms with E-state index in [-0.39, 0.29) is 17.7 Å². The van der Waals surface area contributed by atoms with Crippen LogP contribution in [0.2, 0.25) is 0 Å². The van der Waals surface area contributed by atoms with Crippen LogP contribution in [0, 0.1) is 5.92 Å². The second kappa shape index (κ2) is 4.44. The predicted molar refractivity (Wildman–Crippen MR) is 68.7 cm³/mol. The molecule has 0 aromatic heterocycles. The Balaban J connectivity index is 1.59. The van der Waals surface area contributed by atoms with Gasteiger partial charge in [0.1, 0.15) is 0 Å². The molecule has 0 unspecified atom stereocenters. The van der Waals surface area contributed by atoms with E-state index in [9.17, 15) is 9.59 Å². The molecule has 2 N–H and O–H groups in total. The molecule has 2 fully saturated rings. The van der Waals surface area contributed by atoms with E-state index in [0.717, 1.165) is 36.9 Å². The van der Waals surface area contributed by atoms with Crippen molar-refractivity contribution < 1.29 is 9.59 Å². The summed E-state index contributed by atoms with van der Waals surface area (Å²) in [6.07, 6.45) is 4.18. The minimum absolute atomic E-state index is 0.168. The van der Waals surface area contributed by atoms with Gasteiger partial charge in [-0.05, 0) is 49.9 Å². The number of hydrogen-bond donors (Lipinski definition) is 2. The van der Waals surface area contributed by atoms with Crippen molar-refractivity contribution in [2.75, 3.05) is 5.32 Å². The molecule has 3 rings (SSSR count). The lowest BCUT2D eigenvalue weighted by Gasteiger charge is -2.07. The van der Waals surface area contributed by atoms with Crippen LogP contribution in [0.15, 0.2) is 24.3 Å². The molecule has 18 heavy (non-hydrogen) atoms. The fraction of sp³-hybridized carbons (Fsp3) is 0.429. The molecular formula is C14H16N2O2. The number of carbonyl (C=O) groups is 2. The second-order valence-corrected chi connectivity index (χ2v) is 5.09. The Kier molecular flexibility index (Phi) is 2.78. The van der Waals surface area contributed by atoms with E-state index < -0.39 is 0 Å². The molecule has 4 heteroatoms. The molecular weight excluding hydrogens is 228 g/mol. The Morgan fingerprint density at radius 2 is 1.67 bits per heavy atom. The minimum atomic E-state index is -0.168. The van der Waals surface area contributed by atoms with Gasteiger partial charge < -0.3 is 10.6 Å². The van der Waals surface area contributed by atoms with Gasteiger partial charge in [0, 0.05) is 23.2 Å². The van der Waals surface area contributed by atoms with Gasteiger partial charge >= 0.3 is 6.03 Å². The number of ketones is 1. The summed E-state index contributed by atoms with van der Waals surface area (Å²) in [7, 11) is 0. The highest BCUT2D eigenvalue weighted by Crippen LogP contribution is 2.32. The van der Waals surface area contributed by atoms with Crippen molar-refractivity contribution in [3.05, 3.63) is 29.8 Å². The third-order valence-corrected chi connectivity index (χ3v) is 3.29. The number of amides is 2. The highest BCUT2D eigenvalue weighted by atomic mass is 16.2. The van der Waals surface area contributed by atoms with Crippen LogP contribution in [-0.2, 0) is 0 Å². The van der Waals surface area contributed by atoms with Crippen molar-refractivity contribution in [3.8, 4) is 0 Å². The van der Waals surface area contributed by atoms with Gasteiger partial charge in [0.05, 0.1) is 0 Å². The second-order valence-electron chi connectivity index (χ2n) is 5.09. The van der Waals surface area contributed by atoms with Crippen LogP contribution in [0.25, 0.3) is 0 Å². The van der Waals surface area contributed by atoms with Crippen molar-refractivity contribution in [2.45, 2.75) is 31.7 Å². The van der Waals surface area contributed by atoms with Crippen molar-refractivity contribution in [3.63, 3.8) is 0 Å². The molecule has 2 aliphatic rings. The van der Waals surface area contributed by atoms with Crippen molar-refractivity contribution >= 4 is 17.5 Å². The molecule has 4 nitrogen and oxygen atoms in total. The number of benzene rings is 1. The maximum Gasteiger partial charge on any atom is 0.319 e. The van der Waals surface area contributed by atoms with Gasteiger partial charge in [-0.15, -0.1) is 0 Å². The molecule has 0 radical (unpaired) electrons. The summed E-state index contributed by atoms with van der Waals surface area (Å²) >= 11 is 0. The van der Waals surface area contributed by atoms with Crippen molar-refractivity contribution in [1.82, 2.24) is 5.32 Å². The lowest BCUT2D eigenvalue weighted by molar-refractivity contribution is 0.0967. The third kappa shape index (κ3) is 2.70. The summed E-state index contributed by atoms with van der Waals surface area (Å²) in [4.78, 5) is 23.3. The first kappa shape index (κ1) is 11.3. The van der Waals surface area contributed by atoms with Gasteiger partial charge in [-0.1, -0.05) is 0 Å². The zero-order valence-corrected chi connectivity index (χ0v) is 10.1. The number of anilines is 1. The summed E-state index contributed by atoms with van der Waals surface area (Å²) in [6, 6.07) is 7.31. The summed E-state index contributed by atoms with van der Waals surface area (Å²) in [5, 5.41) is 5.61. The molecule has 0 atom stereocenters. The van der Waals surface area contributed by atoms with Crippen LogP contribution >= 0.6 is 0 Å². The molecule has 0 spiro atoms. The number of Topliss-reactive ketones (excluding diaryl/α,β-unsaturated/α-hetero) is 1.